The summed E-state index contributed by atoms with van der Waals surface area (Å²) in [6.07, 6.45) is 1.94. The van der Waals surface area contributed by atoms with Crippen LogP contribution in [0.5, 0.6) is 0 Å². The average Bonchev–Trinajstić information content (AvgIpc) is 3.26. The molecule has 128 valence electrons. The van der Waals surface area contributed by atoms with E-state index >= 15 is 0 Å². The molecule has 4 aromatic rings. The Morgan fingerprint density at radius 3 is 2.64 bits per heavy atom. The molecule has 0 saturated heterocycles. The topological polar surface area (TPSA) is 34.2 Å². The maximum Gasteiger partial charge on any atom is 0.135 e. The van der Waals surface area contributed by atoms with Gasteiger partial charge in [-0.1, -0.05) is 44.2 Å². The van der Waals surface area contributed by atoms with Crippen LogP contribution in [0.3, 0.4) is 0 Å². The van der Waals surface area contributed by atoms with Gasteiger partial charge in [-0.2, -0.15) is 5.10 Å². The molecule has 0 aliphatic rings. The van der Waals surface area contributed by atoms with Crippen LogP contribution in [0.1, 0.15) is 13.8 Å². The van der Waals surface area contributed by atoms with Crippen LogP contribution in [0, 0.1) is 0 Å². The highest BCUT2D eigenvalue weighted by Crippen LogP contribution is 2.29. The van der Waals surface area contributed by atoms with Crippen molar-refractivity contribution in [2.24, 2.45) is 0 Å². The van der Waals surface area contributed by atoms with Gasteiger partial charge in [0, 0.05) is 22.9 Å². The van der Waals surface area contributed by atoms with Crippen molar-refractivity contribution < 1.29 is 4.42 Å². The molecule has 0 aliphatic heterocycles. The molecule has 0 bridgehead atoms. The summed E-state index contributed by atoms with van der Waals surface area (Å²) in [5, 5.41) is 6.87. The van der Waals surface area contributed by atoms with E-state index in [4.69, 9.17) is 4.42 Å². The fourth-order valence-corrected chi connectivity index (χ4v) is 3.30. The van der Waals surface area contributed by atoms with Crippen LogP contribution < -0.4 is 0 Å². The zero-order valence-electron chi connectivity index (χ0n) is 14.8. The summed E-state index contributed by atoms with van der Waals surface area (Å²) < 4.78 is 8.11. The summed E-state index contributed by atoms with van der Waals surface area (Å²) >= 11 is 0. The van der Waals surface area contributed by atoms with E-state index in [1.54, 1.807) is 0 Å². The second kappa shape index (κ2) is 6.73. The number of benzene rings is 2. The number of para-hydroxylation sites is 1. The highest BCUT2D eigenvalue weighted by atomic mass is 16.3. The zero-order chi connectivity index (χ0) is 17.2. The molecule has 4 rings (SSSR count). The maximum absolute atomic E-state index is 6.01. The number of rotatable bonds is 6. The quantitative estimate of drug-likeness (QED) is 0.509. The van der Waals surface area contributed by atoms with Crippen molar-refractivity contribution in [3.63, 3.8) is 0 Å². The third-order valence-electron chi connectivity index (χ3n) is 4.88. The number of fused-ring (bicyclic) bond motifs is 2. The van der Waals surface area contributed by atoms with E-state index in [0.29, 0.717) is 0 Å². The SMILES string of the molecule is CCN(CC)CCn1ncc2ccc(-c3cc4ccccc4o3)cc21. The lowest BCUT2D eigenvalue weighted by molar-refractivity contribution is 0.287. The number of hydrogen-bond acceptors (Lipinski definition) is 3. The van der Waals surface area contributed by atoms with E-state index in [-0.39, 0.29) is 0 Å². The monoisotopic (exact) mass is 333 g/mol. The number of nitrogens with zero attached hydrogens (tertiary/aromatic N) is 3. The van der Waals surface area contributed by atoms with Crippen LogP contribution in [0.4, 0.5) is 0 Å². The van der Waals surface area contributed by atoms with E-state index in [1.165, 1.54) is 5.39 Å². The summed E-state index contributed by atoms with van der Waals surface area (Å²) in [6.45, 7) is 8.45. The minimum atomic E-state index is 0.898. The van der Waals surface area contributed by atoms with E-state index in [2.05, 4.69) is 58.9 Å². The Morgan fingerprint density at radius 2 is 1.84 bits per heavy atom. The largest absolute Gasteiger partial charge is 0.456 e. The zero-order valence-corrected chi connectivity index (χ0v) is 14.8. The van der Waals surface area contributed by atoms with E-state index in [1.807, 2.05) is 24.4 Å². The summed E-state index contributed by atoms with van der Waals surface area (Å²) in [7, 11) is 0. The lowest BCUT2D eigenvalue weighted by Gasteiger charge is -2.17. The van der Waals surface area contributed by atoms with Crippen LogP contribution in [0.15, 0.2) is 59.1 Å². The van der Waals surface area contributed by atoms with Crippen LogP contribution in [0.25, 0.3) is 33.2 Å². The highest BCUT2D eigenvalue weighted by molar-refractivity contribution is 5.87. The molecule has 4 heteroatoms. The maximum atomic E-state index is 6.01. The normalized spacial score (nSPS) is 11.8. The predicted octanol–water partition coefficient (Wildman–Crippen LogP) is 4.79. The summed E-state index contributed by atoms with van der Waals surface area (Å²) in [5.41, 5.74) is 3.17. The average molecular weight is 333 g/mol. The fraction of sp³-hybridized carbons (Fsp3) is 0.286. The molecule has 0 aliphatic carbocycles. The minimum absolute atomic E-state index is 0.898. The van der Waals surface area contributed by atoms with Crippen molar-refractivity contribution in [2.45, 2.75) is 20.4 Å². The number of likely N-dealkylation sites (N-methyl/N-ethyl adjacent to an activating group) is 1. The van der Waals surface area contributed by atoms with Crippen LogP contribution in [-0.2, 0) is 6.54 Å². The Morgan fingerprint density at radius 1 is 1.00 bits per heavy atom. The molecule has 0 saturated carbocycles. The molecule has 25 heavy (non-hydrogen) atoms. The van der Waals surface area contributed by atoms with Gasteiger partial charge >= 0.3 is 0 Å². The van der Waals surface area contributed by atoms with Gasteiger partial charge in [0.05, 0.1) is 18.3 Å². The Kier molecular flexibility index (Phi) is 4.28. The van der Waals surface area contributed by atoms with Crippen molar-refractivity contribution in [3.8, 4) is 11.3 Å². The summed E-state index contributed by atoms with van der Waals surface area (Å²) in [6, 6.07) is 16.6. The molecule has 2 aromatic heterocycles. The molecular weight excluding hydrogens is 310 g/mol. The van der Waals surface area contributed by atoms with Gasteiger partial charge in [-0.15, -0.1) is 0 Å². The molecule has 0 N–H and O–H groups in total. The Bertz CT molecular complexity index is 962. The molecule has 0 atom stereocenters. The molecule has 0 spiro atoms. The van der Waals surface area contributed by atoms with Gasteiger partial charge in [0.25, 0.3) is 0 Å². The lowest BCUT2D eigenvalue weighted by atomic mass is 10.1. The van der Waals surface area contributed by atoms with Crippen molar-refractivity contribution in [1.29, 1.82) is 0 Å². The minimum Gasteiger partial charge on any atom is -0.456 e. The number of hydrogen-bond donors (Lipinski definition) is 0. The van der Waals surface area contributed by atoms with Gasteiger partial charge in [0.15, 0.2) is 0 Å². The van der Waals surface area contributed by atoms with Gasteiger partial charge < -0.3 is 9.32 Å². The molecule has 2 aromatic carbocycles. The van der Waals surface area contributed by atoms with E-state index in [9.17, 15) is 0 Å². The first kappa shape index (κ1) is 15.9. The Hall–Kier alpha value is -2.59. The second-order valence-corrected chi connectivity index (χ2v) is 6.32. The van der Waals surface area contributed by atoms with Crippen molar-refractivity contribution in [3.05, 3.63) is 54.7 Å². The van der Waals surface area contributed by atoms with Gasteiger partial charge in [-0.3, -0.25) is 4.68 Å². The third-order valence-corrected chi connectivity index (χ3v) is 4.88. The Balaban J connectivity index is 1.68. The summed E-state index contributed by atoms with van der Waals surface area (Å²) in [5.74, 6) is 0.902. The van der Waals surface area contributed by atoms with Gasteiger partial charge in [-0.25, -0.2) is 0 Å². The van der Waals surface area contributed by atoms with Crippen molar-refractivity contribution in [1.82, 2.24) is 14.7 Å². The first-order chi connectivity index (χ1) is 12.3. The number of furan rings is 1. The fourth-order valence-electron chi connectivity index (χ4n) is 3.30. The van der Waals surface area contributed by atoms with Crippen LogP contribution >= 0.6 is 0 Å². The van der Waals surface area contributed by atoms with E-state index in [0.717, 1.165) is 54.0 Å². The first-order valence-corrected chi connectivity index (χ1v) is 8.95. The molecule has 0 unspecified atom stereocenters. The van der Waals surface area contributed by atoms with Crippen LogP contribution in [0.2, 0.25) is 0 Å². The van der Waals surface area contributed by atoms with Crippen molar-refractivity contribution in [2.75, 3.05) is 19.6 Å². The van der Waals surface area contributed by atoms with E-state index < -0.39 is 0 Å². The smallest absolute Gasteiger partial charge is 0.135 e. The molecule has 4 nitrogen and oxygen atoms in total. The molecule has 2 heterocycles. The number of aromatic nitrogens is 2. The molecule has 0 fully saturated rings. The molecule has 0 radical (unpaired) electrons. The molecular formula is C21H23N3O. The van der Waals surface area contributed by atoms with Gasteiger partial charge in [0.1, 0.15) is 11.3 Å². The Labute approximate surface area is 147 Å². The highest BCUT2D eigenvalue weighted by Gasteiger charge is 2.10. The van der Waals surface area contributed by atoms with Crippen molar-refractivity contribution >= 4 is 21.9 Å². The third kappa shape index (κ3) is 3.05. The molecule has 0 amide bonds. The first-order valence-electron chi connectivity index (χ1n) is 8.95. The standard InChI is InChI=1S/C21H23N3O/c1-3-23(4-2)11-12-24-19-13-17(9-10-18(19)15-22-24)21-14-16-7-5-6-8-20(16)25-21/h5-10,13-15H,3-4,11-12H2,1-2H3. The predicted molar refractivity (Wildman–Crippen MR) is 103 cm³/mol. The lowest BCUT2D eigenvalue weighted by Crippen LogP contribution is -2.27. The second-order valence-electron chi connectivity index (χ2n) is 6.32. The van der Waals surface area contributed by atoms with Gasteiger partial charge in [0.2, 0.25) is 0 Å². The van der Waals surface area contributed by atoms with Crippen LogP contribution in [-0.4, -0.2) is 34.3 Å². The summed E-state index contributed by atoms with van der Waals surface area (Å²) in [4.78, 5) is 2.41. The van der Waals surface area contributed by atoms with Gasteiger partial charge in [-0.05, 0) is 31.3 Å².